The molecule has 0 unspecified atom stereocenters. The van der Waals surface area contributed by atoms with Crippen LogP contribution in [0.25, 0.3) is 5.69 Å². The van der Waals surface area contributed by atoms with Gasteiger partial charge in [-0.05, 0) is 29.5 Å². The first kappa shape index (κ1) is 15.1. The van der Waals surface area contributed by atoms with Gasteiger partial charge in [0.2, 0.25) is 11.1 Å². The molecule has 8 nitrogen and oxygen atoms in total. The molecule has 0 aliphatic heterocycles. The Bertz CT molecular complexity index is 646. The molecule has 0 saturated heterocycles. The largest absolute Gasteiger partial charge is 0.497 e. The van der Waals surface area contributed by atoms with Gasteiger partial charge in [-0.15, -0.1) is 5.10 Å². The minimum atomic E-state index is -0.452. The number of carbonyl (C=O) groups excluding carboxylic acids is 1. The van der Waals surface area contributed by atoms with Gasteiger partial charge in [-0.3, -0.25) is 4.79 Å². The highest BCUT2D eigenvalue weighted by atomic mass is 32.2. The van der Waals surface area contributed by atoms with Gasteiger partial charge in [-0.1, -0.05) is 11.8 Å². The molecule has 1 atom stereocenters. The summed E-state index contributed by atoms with van der Waals surface area (Å²) in [7, 11) is 3.12. The van der Waals surface area contributed by atoms with Gasteiger partial charge in [0, 0.05) is 6.07 Å². The summed E-state index contributed by atoms with van der Waals surface area (Å²) in [6.07, 6.45) is 0. The number of tetrazole rings is 1. The molecule has 21 heavy (non-hydrogen) atoms. The van der Waals surface area contributed by atoms with E-state index < -0.39 is 11.2 Å². The van der Waals surface area contributed by atoms with Crippen LogP contribution in [-0.4, -0.2) is 45.6 Å². The predicted molar refractivity (Wildman–Crippen MR) is 76.8 cm³/mol. The Labute approximate surface area is 125 Å². The number of aromatic nitrogens is 4. The summed E-state index contributed by atoms with van der Waals surface area (Å²) >= 11 is 1.17. The summed E-state index contributed by atoms with van der Waals surface area (Å²) < 4.78 is 12.0. The Morgan fingerprint density at radius 3 is 2.76 bits per heavy atom. The Morgan fingerprint density at radius 2 is 2.14 bits per heavy atom. The van der Waals surface area contributed by atoms with Crippen LogP contribution in [-0.2, 0) is 4.79 Å². The molecule has 1 heterocycles. The second kappa shape index (κ2) is 6.44. The van der Waals surface area contributed by atoms with Crippen LogP contribution in [0.3, 0.4) is 0 Å². The first-order valence-electron chi connectivity index (χ1n) is 6.03. The maximum atomic E-state index is 11.2. The third kappa shape index (κ3) is 3.24. The molecular formula is C12H15N5O3S. The summed E-state index contributed by atoms with van der Waals surface area (Å²) in [5, 5.41) is 11.5. The highest BCUT2D eigenvalue weighted by molar-refractivity contribution is 8.00. The third-order valence-electron chi connectivity index (χ3n) is 2.74. The van der Waals surface area contributed by atoms with E-state index in [1.54, 1.807) is 39.3 Å². The second-order valence-corrected chi connectivity index (χ2v) is 5.38. The maximum absolute atomic E-state index is 11.2. The van der Waals surface area contributed by atoms with Crippen LogP contribution >= 0.6 is 11.8 Å². The van der Waals surface area contributed by atoms with Crippen LogP contribution in [0.5, 0.6) is 11.5 Å². The summed E-state index contributed by atoms with van der Waals surface area (Å²) in [5.41, 5.74) is 5.87. The topological polar surface area (TPSA) is 105 Å². The number of amides is 1. The van der Waals surface area contributed by atoms with E-state index in [1.807, 2.05) is 0 Å². The zero-order valence-electron chi connectivity index (χ0n) is 11.8. The van der Waals surface area contributed by atoms with E-state index in [4.69, 9.17) is 15.2 Å². The molecule has 9 heteroatoms. The van der Waals surface area contributed by atoms with Crippen molar-refractivity contribution in [2.75, 3.05) is 14.2 Å². The summed E-state index contributed by atoms with van der Waals surface area (Å²) in [6.45, 7) is 1.69. The Morgan fingerprint density at radius 1 is 1.38 bits per heavy atom. The Balaban J connectivity index is 2.43. The average molecular weight is 309 g/mol. The molecule has 1 aromatic heterocycles. The normalized spacial score (nSPS) is 12.0. The lowest BCUT2D eigenvalue weighted by atomic mass is 10.3. The lowest BCUT2D eigenvalue weighted by Gasteiger charge is -2.12. The number of hydrogen-bond donors (Lipinski definition) is 1. The zero-order chi connectivity index (χ0) is 15.4. The monoisotopic (exact) mass is 309 g/mol. The molecule has 0 radical (unpaired) electrons. The van der Waals surface area contributed by atoms with Gasteiger partial charge < -0.3 is 15.2 Å². The highest BCUT2D eigenvalue weighted by Crippen LogP contribution is 2.30. The fraction of sp³-hybridized carbons (Fsp3) is 0.333. The van der Waals surface area contributed by atoms with Gasteiger partial charge in [0.15, 0.2) is 0 Å². The van der Waals surface area contributed by atoms with Crippen LogP contribution in [0.1, 0.15) is 6.92 Å². The van der Waals surface area contributed by atoms with Crippen molar-refractivity contribution in [2.24, 2.45) is 5.73 Å². The van der Waals surface area contributed by atoms with Crippen molar-refractivity contribution in [3.05, 3.63) is 18.2 Å². The first-order valence-corrected chi connectivity index (χ1v) is 6.91. The first-order chi connectivity index (χ1) is 10.1. The van der Waals surface area contributed by atoms with Gasteiger partial charge in [0.05, 0.1) is 19.5 Å². The van der Waals surface area contributed by atoms with Crippen molar-refractivity contribution in [2.45, 2.75) is 17.3 Å². The molecule has 0 saturated carbocycles. The SMILES string of the molecule is COc1ccc(OC)c(-n2nnnc2S[C@H](C)C(N)=O)c1. The molecule has 0 aliphatic carbocycles. The number of primary amides is 1. The minimum absolute atomic E-state index is 0.438. The van der Waals surface area contributed by atoms with Crippen molar-refractivity contribution in [1.29, 1.82) is 0 Å². The number of methoxy groups -OCH3 is 2. The maximum Gasteiger partial charge on any atom is 0.230 e. The molecule has 0 bridgehead atoms. The molecule has 2 N–H and O–H groups in total. The van der Waals surface area contributed by atoms with Crippen LogP contribution in [0, 0.1) is 0 Å². The van der Waals surface area contributed by atoms with Crippen LogP contribution in [0.4, 0.5) is 0 Å². The zero-order valence-corrected chi connectivity index (χ0v) is 12.6. The number of nitrogens with zero attached hydrogens (tertiary/aromatic N) is 4. The van der Waals surface area contributed by atoms with Gasteiger partial charge in [0.25, 0.3) is 0 Å². The molecule has 0 fully saturated rings. The number of thioether (sulfide) groups is 1. The standard InChI is InChI=1S/C12H15N5O3S/c1-7(11(13)18)21-12-14-15-16-17(12)9-6-8(19-2)4-5-10(9)20-3/h4-7H,1-3H3,(H2,13,18)/t7-/m1/s1. The molecule has 2 rings (SSSR count). The van der Waals surface area contributed by atoms with Crippen molar-refractivity contribution in [3.8, 4) is 17.2 Å². The van der Waals surface area contributed by atoms with E-state index in [2.05, 4.69) is 15.5 Å². The summed E-state index contributed by atoms with van der Waals surface area (Å²) in [6, 6.07) is 5.27. The van der Waals surface area contributed by atoms with Gasteiger partial charge >= 0.3 is 0 Å². The quantitative estimate of drug-likeness (QED) is 0.781. The Hall–Kier alpha value is -2.29. The molecule has 112 valence electrons. The number of ether oxygens (including phenoxy) is 2. The highest BCUT2D eigenvalue weighted by Gasteiger charge is 2.19. The average Bonchev–Trinajstić information content (AvgIpc) is 2.94. The lowest BCUT2D eigenvalue weighted by Crippen LogP contribution is -2.23. The van der Waals surface area contributed by atoms with Crippen molar-refractivity contribution in [3.63, 3.8) is 0 Å². The molecule has 2 aromatic rings. The van der Waals surface area contributed by atoms with Crippen LogP contribution in [0.15, 0.2) is 23.4 Å². The van der Waals surface area contributed by atoms with E-state index >= 15 is 0 Å². The third-order valence-corrected chi connectivity index (χ3v) is 3.79. The fourth-order valence-electron chi connectivity index (χ4n) is 1.58. The lowest BCUT2D eigenvalue weighted by molar-refractivity contribution is -0.117. The number of nitrogens with two attached hydrogens (primary N) is 1. The molecular weight excluding hydrogens is 294 g/mol. The molecule has 0 spiro atoms. The summed E-state index contributed by atoms with van der Waals surface area (Å²) in [5.74, 6) is 0.782. The van der Waals surface area contributed by atoms with Gasteiger partial charge in [-0.25, -0.2) is 0 Å². The summed E-state index contributed by atoms with van der Waals surface area (Å²) in [4.78, 5) is 11.2. The van der Waals surface area contributed by atoms with E-state index in [-0.39, 0.29) is 0 Å². The van der Waals surface area contributed by atoms with Crippen LogP contribution in [0.2, 0.25) is 0 Å². The van der Waals surface area contributed by atoms with Gasteiger partial charge in [0.1, 0.15) is 17.2 Å². The van der Waals surface area contributed by atoms with E-state index in [0.717, 1.165) is 0 Å². The smallest absolute Gasteiger partial charge is 0.230 e. The number of carbonyl (C=O) groups is 1. The minimum Gasteiger partial charge on any atom is -0.497 e. The van der Waals surface area contributed by atoms with Crippen LogP contribution < -0.4 is 15.2 Å². The second-order valence-electron chi connectivity index (χ2n) is 4.07. The molecule has 0 aliphatic rings. The number of rotatable bonds is 6. The fourth-order valence-corrected chi connectivity index (χ4v) is 2.33. The van der Waals surface area contributed by atoms with E-state index in [0.29, 0.717) is 22.3 Å². The van der Waals surface area contributed by atoms with E-state index in [9.17, 15) is 4.79 Å². The number of hydrogen-bond acceptors (Lipinski definition) is 7. The van der Waals surface area contributed by atoms with Crippen molar-refractivity contribution >= 4 is 17.7 Å². The predicted octanol–water partition coefficient (Wildman–Crippen LogP) is 0.645. The Kier molecular flexibility index (Phi) is 4.63. The van der Waals surface area contributed by atoms with Gasteiger partial charge in [-0.2, -0.15) is 4.68 Å². The number of benzene rings is 1. The molecule has 1 amide bonds. The van der Waals surface area contributed by atoms with Crippen molar-refractivity contribution < 1.29 is 14.3 Å². The molecule has 1 aromatic carbocycles. The van der Waals surface area contributed by atoms with Crippen molar-refractivity contribution in [1.82, 2.24) is 20.2 Å². The van der Waals surface area contributed by atoms with E-state index in [1.165, 1.54) is 16.4 Å².